The van der Waals surface area contributed by atoms with E-state index in [1.807, 2.05) is 24.3 Å². The Labute approximate surface area is 154 Å². The van der Waals surface area contributed by atoms with Gasteiger partial charge in [-0.15, -0.1) is 0 Å². The summed E-state index contributed by atoms with van der Waals surface area (Å²) in [4.78, 5) is 22.4. The van der Waals surface area contributed by atoms with Crippen molar-refractivity contribution in [2.24, 2.45) is 5.10 Å². The Morgan fingerprint density at radius 1 is 1.11 bits per heavy atom. The topological polar surface area (TPSA) is 107 Å². The first-order valence-corrected chi connectivity index (χ1v) is 7.91. The molecule has 0 aliphatic rings. The molecule has 0 saturated heterocycles. The van der Waals surface area contributed by atoms with Gasteiger partial charge in [0.05, 0.1) is 18.2 Å². The van der Waals surface area contributed by atoms with Crippen molar-refractivity contribution in [3.63, 3.8) is 0 Å². The number of nitrogens with zero attached hydrogens (tertiary/aromatic N) is 2. The van der Waals surface area contributed by atoms with Crippen molar-refractivity contribution >= 4 is 18.0 Å². The number of benzene rings is 2. The smallest absolute Gasteiger partial charge is 0.427 e. The summed E-state index contributed by atoms with van der Waals surface area (Å²) in [6.45, 7) is 0. The molecule has 0 atom stereocenters. The third-order valence-corrected chi connectivity index (χ3v) is 3.71. The number of hydrogen-bond donors (Lipinski definition) is 1. The molecule has 27 heavy (non-hydrogen) atoms. The second-order valence-electron chi connectivity index (χ2n) is 5.37. The number of amides is 1. The number of rotatable bonds is 5. The van der Waals surface area contributed by atoms with E-state index < -0.39 is 11.0 Å². The monoisotopic (exact) mass is 365 g/mol. The van der Waals surface area contributed by atoms with Crippen molar-refractivity contribution in [2.75, 3.05) is 7.11 Å². The predicted octanol–water partition coefficient (Wildman–Crippen LogP) is 4.21. The molecule has 1 N–H and O–H groups in total. The molecule has 1 aromatic heterocycles. The minimum Gasteiger partial charge on any atom is -0.452 e. The molecule has 0 bridgehead atoms. The number of hydrogen-bond acceptors (Lipinski definition) is 6. The fourth-order valence-corrected chi connectivity index (χ4v) is 2.56. The Hall–Kier alpha value is -3.94. The normalized spacial score (nSPS) is 10.7. The van der Waals surface area contributed by atoms with Gasteiger partial charge in [-0.25, -0.2) is 10.2 Å². The van der Waals surface area contributed by atoms with Crippen molar-refractivity contribution in [1.82, 2.24) is 5.43 Å². The minimum absolute atomic E-state index is 0.0888. The van der Waals surface area contributed by atoms with Crippen LogP contribution in [0.2, 0.25) is 0 Å². The zero-order chi connectivity index (χ0) is 19.2. The average molecular weight is 365 g/mol. The summed E-state index contributed by atoms with van der Waals surface area (Å²) < 4.78 is 10.2. The summed E-state index contributed by atoms with van der Waals surface area (Å²) in [5.41, 5.74) is 3.49. The molecule has 8 heteroatoms. The molecule has 2 aromatic carbocycles. The van der Waals surface area contributed by atoms with Gasteiger partial charge >= 0.3 is 11.8 Å². The fraction of sp³-hybridized carbons (Fsp3) is 0.0526. The number of nitrogens with one attached hydrogen (secondary N) is 1. The van der Waals surface area contributed by atoms with E-state index >= 15 is 0 Å². The molecule has 0 radical (unpaired) electrons. The molecule has 0 unspecified atom stereocenters. The molecule has 3 rings (SSSR count). The summed E-state index contributed by atoms with van der Waals surface area (Å²) in [5.74, 6) is 0.252. The van der Waals surface area contributed by atoms with Crippen LogP contribution in [0.5, 0.6) is 0 Å². The van der Waals surface area contributed by atoms with E-state index in [0.717, 1.165) is 6.21 Å². The Morgan fingerprint density at radius 2 is 1.70 bits per heavy atom. The van der Waals surface area contributed by atoms with E-state index in [1.165, 1.54) is 7.11 Å². The quantitative estimate of drug-likeness (QED) is 0.414. The summed E-state index contributed by atoms with van der Waals surface area (Å²) in [6, 6.07) is 18.0. The number of hydrazone groups is 1. The van der Waals surface area contributed by atoms with Gasteiger partial charge in [0.25, 0.3) is 0 Å². The number of nitro groups is 1. The van der Waals surface area contributed by atoms with Gasteiger partial charge in [-0.3, -0.25) is 10.1 Å². The molecule has 0 aliphatic carbocycles. The van der Waals surface area contributed by atoms with Gasteiger partial charge in [-0.2, -0.15) is 5.10 Å². The third kappa shape index (κ3) is 3.84. The zero-order valence-electron chi connectivity index (χ0n) is 14.3. The third-order valence-electron chi connectivity index (χ3n) is 3.71. The molecule has 0 fully saturated rings. The van der Waals surface area contributed by atoms with E-state index in [2.05, 4.69) is 15.3 Å². The maximum absolute atomic E-state index is 11.8. The summed E-state index contributed by atoms with van der Waals surface area (Å²) in [5, 5.41) is 15.4. The van der Waals surface area contributed by atoms with Crippen LogP contribution >= 0.6 is 0 Å². The van der Waals surface area contributed by atoms with Crippen molar-refractivity contribution in [1.29, 1.82) is 0 Å². The molecular formula is C19H15N3O5. The maximum Gasteiger partial charge on any atom is 0.427 e. The van der Waals surface area contributed by atoms with Crippen LogP contribution in [-0.4, -0.2) is 24.3 Å². The van der Waals surface area contributed by atoms with E-state index in [1.54, 1.807) is 36.4 Å². The van der Waals surface area contributed by atoms with Crippen LogP contribution in [0.15, 0.2) is 70.2 Å². The highest BCUT2D eigenvalue weighted by Crippen LogP contribution is 2.43. The summed E-state index contributed by atoms with van der Waals surface area (Å²) in [7, 11) is 1.18. The number of carbonyl (C=O) groups excluding carboxylic acids is 1. The van der Waals surface area contributed by atoms with E-state index in [-0.39, 0.29) is 11.4 Å². The number of furan rings is 1. The molecule has 136 valence electrons. The highest BCUT2D eigenvalue weighted by atomic mass is 16.6. The second kappa shape index (κ2) is 7.96. The molecule has 0 spiro atoms. The summed E-state index contributed by atoms with van der Waals surface area (Å²) >= 11 is 0. The maximum atomic E-state index is 11.8. The Balaban J connectivity index is 2.19. The van der Waals surface area contributed by atoms with E-state index in [0.29, 0.717) is 22.5 Å². The lowest BCUT2D eigenvalue weighted by molar-refractivity contribution is -0.384. The van der Waals surface area contributed by atoms with Crippen LogP contribution in [-0.2, 0) is 4.74 Å². The van der Waals surface area contributed by atoms with Crippen molar-refractivity contribution in [2.45, 2.75) is 0 Å². The lowest BCUT2D eigenvalue weighted by atomic mass is 10.0. The zero-order valence-corrected chi connectivity index (χ0v) is 14.3. The van der Waals surface area contributed by atoms with Crippen molar-refractivity contribution < 1.29 is 18.9 Å². The lowest BCUT2D eigenvalue weighted by Gasteiger charge is -2.02. The molecule has 8 nitrogen and oxygen atoms in total. The first-order chi connectivity index (χ1) is 13.1. The average Bonchev–Trinajstić information content (AvgIpc) is 3.09. The van der Waals surface area contributed by atoms with Gasteiger partial charge in [0, 0.05) is 5.56 Å². The van der Waals surface area contributed by atoms with Gasteiger partial charge in [0.2, 0.25) is 5.76 Å². The number of ether oxygens (including phenoxy) is 1. The van der Waals surface area contributed by atoms with Gasteiger partial charge < -0.3 is 9.15 Å². The van der Waals surface area contributed by atoms with Gasteiger partial charge in [0.1, 0.15) is 11.3 Å². The fourth-order valence-electron chi connectivity index (χ4n) is 2.56. The van der Waals surface area contributed by atoms with Crippen LogP contribution in [0.4, 0.5) is 10.5 Å². The Morgan fingerprint density at radius 3 is 2.26 bits per heavy atom. The van der Waals surface area contributed by atoms with Crippen LogP contribution in [0.1, 0.15) is 5.76 Å². The van der Waals surface area contributed by atoms with Gasteiger partial charge in [-0.1, -0.05) is 60.7 Å². The molecule has 0 saturated carbocycles. The Bertz CT molecular complexity index is 981. The standard InChI is InChI=1S/C19H15N3O5/c1-26-19(23)21-20-12-15-17(22(24)25)16(13-8-4-2-5-9-13)18(27-15)14-10-6-3-7-11-14/h2-12H,1H3,(H,21,23). The van der Waals surface area contributed by atoms with Gasteiger partial charge in [-0.05, 0) is 5.56 Å². The highest BCUT2D eigenvalue weighted by Gasteiger charge is 2.30. The van der Waals surface area contributed by atoms with Crippen LogP contribution in [0, 0.1) is 10.1 Å². The van der Waals surface area contributed by atoms with Crippen molar-refractivity contribution in [3.05, 3.63) is 76.5 Å². The molecule has 0 aliphatic heterocycles. The molecule has 1 amide bonds. The molecule has 3 aromatic rings. The van der Waals surface area contributed by atoms with Gasteiger partial charge in [0.15, 0.2) is 0 Å². The second-order valence-corrected chi connectivity index (χ2v) is 5.37. The summed E-state index contributed by atoms with van der Waals surface area (Å²) in [6.07, 6.45) is 0.278. The SMILES string of the molecule is COC(=O)NN=Cc1oc(-c2ccccc2)c(-c2ccccc2)c1[N+](=O)[O-]. The Kier molecular flexibility index (Phi) is 5.27. The van der Waals surface area contributed by atoms with Crippen LogP contribution < -0.4 is 5.43 Å². The van der Waals surface area contributed by atoms with Crippen molar-refractivity contribution in [3.8, 4) is 22.5 Å². The minimum atomic E-state index is -0.799. The predicted molar refractivity (Wildman–Crippen MR) is 99.4 cm³/mol. The number of carbonyl (C=O) groups is 1. The van der Waals surface area contributed by atoms with Crippen LogP contribution in [0.25, 0.3) is 22.5 Å². The first-order valence-electron chi connectivity index (χ1n) is 7.91. The first kappa shape index (κ1) is 17.9. The van der Waals surface area contributed by atoms with Crippen LogP contribution in [0.3, 0.4) is 0 Å². The number of methoxy groups -OCH3 is 1. The molecular weight excluding hydrogens is 350 g/mol. The lowest BCUT2D eigenvalue weighted by Crippen LogP contribution is -2.16. The van der Waals surface area contributed by atoms with E-state index in [9.17, 15) is 14.9 Å². The van der Waals surface area contributed by atoms with E-state index in [4.69, 9.17) is 4.42 Å². The largest absolute Gasteiger partial charge is 0.452 e. The molecule has 1 heterocycles. The highest BCUT2D eigenvalue weighted by molar-refractivity contribution is 5.95.